The molecule has 0 saturated heterocycles. The van der Waals surface area contributed by atoms with Crippen molar-refractivity contribution in [1.29, 1.82) is 0 Å². The molecule has 0 saturated carbocycles. The lowest BCUT2D eigenvalue weighted by Crippen LogP contribution is -2.06. The maximum Gasteiger partial charge on any atom is 0.129 e. The summed E-state index contributed by atoms with van der Waals surface area (Å²) in [6, 6.07) is 3.50. The average Bonchev–Trinajstić information content (AvgIpc) is 2.68. The molecule has 3 nitrogen and oxygen atoms in total. The Morgan fingerprint density at radius 1 is 1.46 bits per heavy atom. The van der Waals surface area contributed by atoms with Crippen molar-refractivity contribution >= 4 is 0 Å². The highest BCUT2D eigenvalue weighted by atomic mass is 16.4. The van der Waals surface area contributed by atoms with Crippen LogP contribution in [0, 0.1) is 0 Å². The summed E-state index contributed by atoms with van der Waals surface area (Å²) >= 11 is 0. The Hall–Kier alpha value is -0.800. The summed E-state index contributed by atoms with van der Waals surface area (Å²) in [6.45, 7) is 5.93. The molecule has 0 spiro atoms. The molecule has 3 heteroatoms. The summed E-state index contributed by atoms with van der Waals surface area (Å²) in [4.78, 5) is 0. The molecule has 1 rings (SSSR count). The molecular weight excluding hydrogens is 166 g/mol. The molecule has 0 bridgehead atoms. The second-order valence-corrected chi connectivity index (χ2v) is 2.48. The van der Waals surface area contributed by atoms with E-state index in [4.69, 9.17) is 15.3 Å². The molecule has 0 aliphatic rings. The van der Waals surface area contributed by atoms with E-state index in [1.807, 2.05) is 20.8 Å². The fraction of sp³-hybridized carbons (Fsp3) is 0.600. The first kappa shape index (κ1) is 12.2. The van der Waals surface area contributed by atoms with Crippen molar-refractivity contribution in [3.63, 3.8) is 0 Å². The zero-order chi connectivity index (χ0) is 10.3. The predicted octanol–water partition coefficient (Wildman–Crippen LogP) is 2.21. The molecular formula is C10H19NO2. The Bertz CT molecular complexity index is 220. The van der Waals surface area contributed by atoms with Crippen LogP contribution in [0.1, 0.15) is 44.8 Å². The van der Waals surface area contributed by atoms with E-state index in [1.54, 1.807) is 12.1 Å². The van der Waals surface area contributed by atoms with Crippen molar-refractivity contribution < 1.29 is 9.52 Å². The molecule has 0 fully saturated rings. The predicted molar refractivity (Wildman–Crippen MR) is 53.2 cm³/mol. The van der Waals surface area contributed by atoms with Gasteiger partial charge in [0.25, 0.3) is 0 Å². The lowest BCUT2D eigenvalue weighted by Gasteiger charge is -2.02. The third-order valence-electron chi connectivity index (χ3n) is 1.64. The highest BCUT2D eigenvalue weighted by molar-refractivity contribution is 5.09. The number of rotatable bonds is 3. The molecule has 1 aromatic heterocycles. The number of nitrogens with two attached hydrogens (primary N) is 1. The van der Waals surface area contributed by atoms with Crippen LogP contribution in [0.3, 0.4) is 0 Å². The molecule has 0 aromatic carbocycles. The number of hydrogen-bond donors (Lipinski definition) is 2. The minimum Gasteiger partial charge on any atom is -0.462 e. The van der Waals surface area contributed by atoms with Crippen molar-refractivity contribution in [1.82, 2.24) is 0 Å². The smallest absolute Gasteiger partial charge is 0.129 e. The largest absolute Gasteiger partial charge is 0.462 e. The van der Waals surface area contributed by atoms with Gasteiger partial charge in [0.1, 0.15) is 18.1 Å². The molecule has 0 amide bonds. The first-order chi connectivity index (χ1) is 6.27. The summed E-state index contributed by atoms with van der Waals surface area (Å²) in [7, 11) is 0. The van der Waals surface area contributed by atoms with Crippen molar-refractivity contribution in [2.45, 2.75) is 39.8 Å². The van der Waals surface area contributed by atoms with Crippen molar-refractivity contribution in [2.24, 2.45) is 5.73 Å². The number of hydrogen-bond acceptors (Lipinski definition) is 3. The van der Waals surface area contributed by atoms with E-state index in [0.29, 0.717) is 5.76 Å². The van der Waals surface area contributed by atoms with Gasteiger partial charge in [0.15, 0.2) is 0 Å². The molecule has 76 valence electrons. The minimum atomic E-state index is -0.0591. The maximum absolute atomic E-state index is 8.67. The second kappa shape index (κ2) is 6.69. The van der Waals surface area contributed by atoms with Gasteiger partial charge >= 0.3 is 0 Å². The Morgan fingerprint density at radius 2 is 2.08 bits per heavy atom. The third kappa shape index (κ3) is 3.61. The quantitative estimate of drug-likeness (QED) is 0.759. The topological polar surface area (TPSA) is 59.4 Å². The Labute approximate surface area is 79.6 Å². The van der Waals surface area contributed by atoms with Crippen molar-refractivity contribution in [3.05, 3.63) is 23.7 Å². The van der Waals surface area contributed by atoms with Crippen LogP contribution in [-0.4, -0.2) is 5.11 Å². The van der Waals surface area contributed by atoms with Crippen LogP contribution in [0.4, 0.5) is 0 Å². The van der Waals surface area contributed by atoms with Crippen LogP contribution < -0.4 is 5.73 Å². The summed E-state index contributed by atoms with van der Waals surface area (Å²) < 4.78 is 5.21. The SMILES string of the molecule is CC.CCC(N)c1ccc(CO)o1. The Kier molecular flexibility index (Phi) is 6.28. The van der Waals surface area contributed by atoms with Crippen LogP contribution in [-0.2, 0) is 6.61 Å². The van der Waals surface area contributed by atoms with Gasteiger partial charge in [-0.15, -0.1) is 0 Å². The minimum absolute atomic E-state index is 0.0460. The maximum atomic E-state index is 8.67. The summed E-state index contributed by atoms with van der Waals surface area (Å²) in [5.74, 6) is 1.32. The van der Waals surface area contributed by atoms with Gasteiger partial charge < -0.3 is 15.3 Å². The summed E-state index contributed by atoms with van der Waals surface area (Å²) in [5.41, 5.74) is 5.69. The number of furan rings is 1. The van der Waals surface area contributed by atoms with Crippen LogP contribution in [0.5, 0.6) is 0 Å². The first-order valence-electron chi connectivity index (χ1n) is 4.73. The van der Waals surface area contributed by atoms with Crippen LogP contribution in [0.15, 0.2) is 16.5 Å². The van der Waals surface area contributed by atoms with E-state index in [2.05, 4.69) is 0 Å². The number of aliphatic hydroxyl groups excluding tert-OH is 1. The Morgan fingerprint density at radius 3 is 2.46 bits per heavy atom. The molecule has 0 aliphatic heterocycles. The molecule has 1 heterocycles. The normalized spacial score (nSPS) is 11.8. The average molecular weight is 185 g/mol. The summed E-state index contributed by atoms with van der Waals surface area (Å²) in [5, 5.41) is 8.67. The van der Waals surface area contributed by atoms with Gasteiger partial charge in [-0.25, -0.2) is 0 Å². The van der Waals surface area contributed by atoms with Gasteiger partial charge in [-0.2, -0.15) is 0 Å². The van der Waals surface area contributed by atoms with Gasteiger partial charge in [-0.3, -0.25) is 0 Å². The summed E-state index contributed by atoms with van der Waals surface area (Å²) in [6.07, 6.45) is 0.846. The highest BCUT2D eigenvalue weighted by Crippen LogP contribution is 2.16. The molecule has 0 aliphatic carbocycles. The molecule has 3 N–H and O–H groups in total. The van der Waals surface area contributed by atoms with Crippen molar-refractivity contribution in [2.75, 3.05) is 0 Å². The zero-order valence-electron chi connectivity index (χ0n) is 8.58. The monoisotopic (exact) mass is 185 g/mol. The molecule has 0 radical (unpaired) electrons. The lowest BCUT2D eigenvalue weighted by atomic mass is 10.2. The van der Waals surface area contributed by atoms with Gasteiger partial charge in [0, 0.05) is 0 Å². The van der Waals surface area contributed by atoms with Crippen LogP contribution in [0.25, 0.3) is 0 Å². The first-order valence-corrected chi connectivity index (χ1v) is 4.73. The van der Waals surface area contributed by atoms with E-state index < -0.39 is 0 Å². The zero-order valence-corrected chi connectivity index (χ0v) is 8.58. The fourth-order valence-electron chi connectivity index (χ4n) is 0.880. The van der Waals surface area contributed by atoms with E-state index in [9.17, 15) is 0 Å². The standard InChI is InChI=1S/C8H13NO2.C2H6/c1-2-7(9)8-4-3-6(5-10)11-8;1-2/h3-4,7,10H,2,5,9H2,1H3;1-2H3. The molecule has 1 aromatic rings. The molecule has 1 unspecified atom stereocenters. The van der Waals surface area contributed by atoms with Gasteiger partial charge in [0.05, 0.1) is 6.04 Å². The van der Waals surface area contributed by atoms with E-state index in [1.165, 1.54) is 0 Å². The van der Waals surface area contributed by atoms with Gasteiger partial charge in [0.2, 0.25) is 0 Å². The van der Waals surface area contributed by atoms with Gasteiger partial charge in [-0.05, 0) is 18.6 Å². The lowest BCUT2D eigenvalue weighted by molar-refractivity contribution is 0.241. The van der Waals surface area contributed by atoms with Crippen LogP contribution in [0.2, 0.25) is 0 Å². The molecule has 1 atom stereocenters. The fourth-order valence-corrected chi connectivity index (χ4v) is 0.880. The van der Waals surface area contributed by atoms with E-state index in [0.717, 1.165) is 12.2 Å². The van der Waals surface area contributed by atoms with Crippen LogP contribution >= 0.6 is 0 Å². The third-order valence-corrected chi connectivity index (χ3v) is 1.64. The van der Waals surface area contributed by atoms with E-state index in [-0.39, 0.29) is 12.6 Å². The van der Waals surface area contributed by atoms with E-state index >= 15 is 0 Å². The molecule has 13 heavy (non-hydrogen) atoms. The van der Waals surface area contributed by atoms with Gasteiger partial charge in [-0.1, -0.05) is 20.8 Å². The highest BCUT2D eigenvalue weighted by Gasteiger charge is 2.07. The second-order valence-electron chi connectivity index (χ2n) is 2.48. The number of aliphatic hydroxyl groups is 1. The Balaban J connectivity index is 0.000000671. The van der Waals surface area contributed by atoms with Crippen molar-refractivity contribution in [3.8, 4) is 0 Å².